The summed E-state index contributed by atoms with van der Waals surface area (Å²) < 4.78 is 29.2. The number of aromatic nitrogens is 2. The van der Waals surface area contributed by atoms with Crippen molar-refractivity contribution in [3.63, 3.8) is 0 Å². The lowest BCUT2D eigenvalue weighted by Gasteiger charge is -2.26. The van der Waals surface area contributed by atoms with Crippen molar-refractivity contribution in [1.82, 2.24) is 14.3 Å². The molecular formula is C21H16ClF2N3O2. The number of nitrogens with zero attached hydrogens (tertiary/aromatic N) is 2. The van der Waals surface area contributed by atoms with Gasteiger partial charge in [-0.1, -0.05) is 11.6 Å². The molecular weight excluding hydrogens is 400 g/mol. The summed E-state index contributed by atoms with van der Waals surface area (Å²) in [5, 5.41) is 0.798. The number of rotatable bonds is 3. The van der Waals surface area contributed by atoms with Crippen molar-refractivity contribution in [3.8, 4) is 0 Å². The van der Waals surface area contributed by atoms with Crippen LogP contribution in [0.3, 0.4) is 0 Å². The van der Waals surface area contributed by atoms with Gasteiger partial charge in [-0.3, -0.25) is 9.59 Å². The molecule has 0 aliphatic rings. The summed E-state index contributed by atoms with van der Waals surface area (Å²) in [6, 6.07) is 6.52. The smallest absolute Gasteiger partial charge is 0.255 e. The molecule has 3 heterocycles. The molecule has 5 nitrogen and oxygen atoms in total. The van der Waals surface area contributed by atoms with Crippen LogP contribution in [-0.2, 0) is 0 Å². The number of hydrogen-bond acceptors (Lipinski definition) is 2. The molecule has 1 amide bonds. The minimum atomic E-state index is -1.10. The lowest BCUT2D eigenvalue weighted by atomic mass is 10.0. The quantitative estimate of drug-likeness (QED) is 0.534. The second-order valence-corrected chi connectivity index (χ2v) is 7.26. The largest absolute Gasteiger partial charge is 0.335 e. The Balaban J connectivity index is 1.75. The van der Waals surface area contributed by atoms with Crippen molar-refractivity contribution in [3.05, 3.63) is 87.1 Å². The number of pyridine rings is 2. The summed E-state index contributed by atoms with van der Waals surface area (Å²) in [4.78, 5) is 29.1. The van der Waals surface area contributed by atoms with E-state index in [2.05, 4.69) is 4.98 Å². The SMILES string of the molecule is CC(c1c[nH]c(=O)c2cc(F)c(F)cc12)N(C)C(=O)c1cc2c(Cl)cccn2c1. The van der Waals surface area contributed by atoms with E-state index in [0.29, 0.717) is 21.7 Å². The highest BCUT2D eigenvalue weighted by Crippen LogP contribution is 2.28. The lowest BCUT2D eigenvalue weighted by Crippen LogP contribution is -2.30. The van der Waals surface area contributed by atoms with Gasteiger partial charge < -0.3 is 14.3 Å². The number of benzene rings is 1. The summed E-state index contributed by atoms with van der Waals surface area (Å²) >= 11 is 6.18. The third-order valence-corrected chi connectivity index (χ3v) is 5.48. The molecule has 4 rings (SSSR count). The van der Waals surface area contributed by atoms with Crippen molar-refractivity contribution in [1.29, 1.82) is 0 Å². The van der Waals surface area contributed by atoms with Gasteiger partial charge in [-0.25, -0.2) is 8.78 Å². The standard InChI is InChI=1S/C21H16ClF2N3O2/c1-11(15-9-25-20(28)14-8-18(24)17(23)7-13(14)15)26(2)21(29)12-6-19-16(22)4-3-5-27(19)10-12/h3-11H,1-2H3,(H,25,28). The van der Waals surface area contributed by atoms with Gasteiger partial charge in [0.05, 0.1) is 27.5 Å². The van der Waals surface area contributed by atoms with E-state index in [0.717, 1.165) is 12.1 Å². The number of carbonyl (C=O) groups is 1. The van der Waals surface area contributed by atoms with Crippen LogP contribution >= 0.6 is 11.6 Å². The maximum atomic E-state index is 13.8. The van der Waals surface area contributed by atoms with E-state index in [-0.39, 0.29) is 16.7 Å². The average Bonchev–Trinajstić information content (AvgIpc) is 3.14. The third-order valence-electron chi connectivity index (χ3n) is 5.16. The van der Waals surface area contributed by atoms with E-state index in [4.69, 9.17) is 11.6 Å². The molecule has 1 N–H and O–H groups in total. The summed E-state index contributed by atoms with van der Waals surface area (Å²) in [5.74, 6) is -2.44. The zero-order valence-electron chi connectivity index (χ0n) is 15.5. The number of halogens is 3. The molecule has 0 saturated carbocycles. The molecule has 3 aromatic heterocycles. The van der Waals surface area contributed by atoms with Crippen molar-refractivity contribution < 1.29 is 13.6 Å². The molecule has 29 heavy (non-hydrogen) atoms. The Bertz CT molecular complexity index is 1330. The maximum absolute atomic E-state index is 13.8. The summed E-state index contributed by atoms with van der Waals surface area (Å²) in [7, 11) is 1.60. The highest BCUT2D eigenvalue weighted by Gasteiger charge is 2.23. The van der Waals surface area contributed by atoms with Gasteiger partial charge in [-0.05, 0) is 48.2 Å². The molecule has 8 heteroatoms. The predicted molar refractivity (Wildman–Crippen MR) is 107 cm³/mol. The van der Waals surface area contributed by atoms with Crippen molar-refractivity contribution >= 4 is 33.8 Å². The summed E-state index contributed by atoms with van der Waals surface area (Å²) in [6.45, 7) is 1.75. The van der Waals surface area contributed by atoms with Gasteiger partial charge in [0.1, 0.15) is 0 Å². The van der Waals surface area contributed by atoms with Crippen LogP contribution in [0.2, 0.25) is 5.02 Å². The summed E-state index contributed by atoms with van der Waals surface area (Å²) in [5.41, 5.74) is 1.09. The highest BCUT2D eigenvalue weighted by molar-refractivity contribution is 6.33. The van der Waals surface area contributed by atoms with E-state index < -0.39 is 23.2 Å². The Labute approximate surface area is 169 Å². The first kappa shape index (κ1) is 19.1. The van der Waals surface area contributed by atoms with Crippen molar-refractivity contribution in [2.75, 3.05) is 7.05 Å². The fourth-order valence-corrected chi connectivity index (χ4v) is 3.65. The lowest BCUT2D eigenvalue weighted by molar-refractivity contribution is 0.0743. The number of fused-ring (bicyclic) bond motifs is 2. The number of H-pyrrole nitrogens is 1. The second kappa shape index (κ2) is 7.00. The molecule has 0 aliphatic heterocycles. The molecule has 0 fully saturated rings. The normalized spacial score (nSPS) is 12.4. The van der Waals surface area contributed by atoms with Crippen molar-refractivity contribution in [2.24, 2.45) is 0 Å². The molecule has 0 spiro atoms. The third kappa shape index (κ3) is 3.17. The topological polar surface area (TPSA) is 57.6 Å². The Kier molecular flexibility index (Phi) is 4.62. The van der Waals surface area contributed by atoms with Crippen LogP contribution < -0.4 is 5.56 Å². The number of amides is 1. The minimum absolute atomic E-state index is 0.0236. The van der Waals surface area contributed by atoms with E-state index in [9.17, 15) is 18.4 Å². The van der Waals surface area contributed by atoms with Gasteiger partial charge >= 0.3 is 0 Å². The number of carbonyl (C=O) groups excluding carboxylic acids is 1. The predicted octanol–water partition coefficient (Wildman–Crippen LogP) is 4.55. The number of hydrogen-bond donors (Lipinski definition) is 1. The van der Waals surface area contributed by atoms with Gasteiger partial charge in [-0.15, -0.1) is 0 Å². The fourth-order valence-electron chi connectivity index (χ4n) is 3.42. The van der Waals surface area contributed by atoms with Crippen LogP contribution in [0.1, 0.15) is 28.9 Å². The molecule has 0 aliphatic carbocycles. The molecule has 1 aromatic carbocycles. The van der Waals surface area contributed by atoms with Gasteiger partial charge in [0.25, 0.3) is 11.5 Å². The van der Waals surface area contributed by atoms with Crippen LogP contribution in [0, 0.1) is 11.6 Å². The molecule has 1 atom stereocenters. The molecule has 0 radical (unpaired) electrons. The fraction of sp³-hybridized carbons (Fsp3) is 0.143. The molecule has 1 unspecified atom stereocenters. The number of aromatic amines is 1. The summed E-state index contributed by atoms with van der Waals surface area (Å²) in [6.07, 6.45) is 4.88. The first-order valence-corrected chi connectivity index (χ1v) is 9.19. The van der Waals surface area contributed by atoms with Crippen LogP contribution in [-0.4, -0.2) is 27.2 Å². The molecule has 0 bridgehead atoms. The molecule has 148 valence electrons. The molecule has 4 aromatic rings. The van der Waals surface area contributed by atoms with Crippen molar-refractivity contribution in [2.45, 2.75) is 13.0 Å². The zero-order chi connectivity index (χ0) is 20.9. The highest BCUT2D eigenvalue weighted by atomic mass is 35.5. The van der Waals surface area contributed by atoms with E-state index in [1.807, 2.05) is 0 Å². The van der Waals surface area contributed by atoms with Gasteiger partial charge in [-0.2, -0.15) is 0 Å². The Morgan fingerprint density at radius 1 is 1.21 bits per heavy atom. The first-order chi connectivity index (χ1) is 13.8. The van der Waals surface area contributed by atoms with Crippen LogP contribution in [0.15, 0.2) is 53.7 Å². The second-order valence-electron chi connectivity index (χ2n) is 6.85. The van der Waals surface area contributed by atoms with Crippen LogP contribution in [0.4, 0.5) is 8.78 Å². The minimum Gasteiger partial charge on any atom is -0.335 e. The van der Waals surface area contributed by atoms with Crippen LogP contribution in [0.25, 0.3) is 16.3 Å². The van der Waals surface area contributed by atoms with Gasteiger partial charge in [0.15, 0.2) is 11.6 Å². The van der Waals surface area contributed by atoms with Gasteiger partial charge in [0.2, 0.25) is 0 Å². The Hall–Kier alpha value is -3.19. The van der Waals surface area contributed by atoms with E-state index in [1.54, 1.807) is 49.0 Å². The van der Waals surface area contributed by atoms with Gasteiger partial charge in [0, 0.05) is 25.6 Å². The molecule has 0 saturated heterocycles. The Morgan fingerprint density at radius 2 is 1.90 bits per heavy atom. The number of nitrogens with one attached hydrogen (secondary N) is 1. The first-order valence-electron chi connectivity index (χ1n) is 8.81. The van der Waals surface area contributed by atoms with Crippen LogP contribution in [0.5, 0.6) is 0 Å². The van der Waals surface area contributed by atoms with E-state index >= 15 is 0 Å². The maximum Gasteiger partial charge on any atom is 0.255 e. The monoisotopic (exact) mass is 415 g/mol. The zero-order valence-corrected chi connectivity index (χ0v) is 16.3. The van der Waals surface area contributed by atoms with E-state index in [1.165, 1.54) is 11.1 Å². The average molecular weight is 416 g/mol. The Morgan fingerprint density at radius 3 is 2.59 bits per heavy atom.